The molecule has 0 aliphatic heterocycles. The van der Waals surface area contributed by atoms with Crippen LogP contribution in [0.3, 0.4) is 0 Å². The van der Waals surface area contributed by atoms with Crippen LogP contribution in [-0.4, -0.2) is 24.5 Å². The minimum atomic E-state index is -3.99. The van der Waals surface area contributed by atoms with Crippen LogP contribution in [0.4, 0.5) is 0 Å². The largest absolute Gasteiger partial charge is 0.360 e. The van der Waals surface area contributed by atoms with Crippen LogP contribution in [0.5, 0.6) is 0 Å². The first-order valence-corrected chi connectivity index (χ1v) is 8.67. The van der Waals surface area contributed by atoms with Crippen molar-refractivity contribution < 1.29 is 17.7 Å². The van der Waals surface area contributed by atoms with Gasteiger partial charge >= 0.3 is 0 Å². The highest BCUT2D eigenvalue weighted by Gasteiger charge is 2.25. The van der Waals surface area contributed by atoms with E-state index in [-0.39, 0.29) is 22.0 Å². The van der Waals surface area contributed by atoms with Crippen molar-refractivity contribution in [3.05, 3.63) is 46.4 Å². The summed E-state index contributed by atoms with van der Waals surface area (Å²) >= 11 is 5.89. The Hall–Kier alpha value is -2.36. The Morgan fingerprint density at radius 3 is 2.71 bits per heavy atom. The van der Waals surface area contributed by atoms with Crippen molar-refractivity contribution in [1.82, 2.24) is 20.4 Å². The summed E-state index contributed by atoms with van der Waals surface area (Å²) in [4.78, 5) is 16.9. The molecule has 1 aromatic carbocycles. The number of benzene rings is 1. The fourth-order valence-electron chi connectivity index (χ4n) is 2.32. The molecule has 0 radical (unpaired) electrons. The van der Waals surface area contributed by atoms with Crippen molar-refractivity contribution in [1.29, 1.82) is 0 Å². The zero-order chi connectivity index (χ0) is 17.5. The maximum absolute atomic E-state index is 12.2. The number of aromatic amines is 1. The fraction of sp³-hybridized carbons (Fsp3) is 0.143. The van der Waals surface area contributed by atoms with Gasteiger partial charge < -0.3 is 9.51 Å². The monoisotopic (exact) mass is 368 g/mol. The highest BCUT2D eigenvalue weighted by Crippen LogP contribution is 2.20. The Kier molecular flexibility index (Phi) is 4.08. The number of carbonyl (C=O) groups excluding carboxylic acids is 1. The van der Waals surface area contributed by atoms with Crippen LogP contribution < -0.4 is 10.3 Å². The number of hydrazine groups is 1. The number of amides is 1. The molecular formula is C14H13ClN4O4S. The summed E-state index contributed by atoms with van der Waals surface area (Å²) in [7, 11) is -3.99. The second-order valence-corrected chi connectivity index (χ2v) is 7.18. The molecule has 0 saturated heterocycles. The smallest absolute Gasteiger partial charge is 0.282 e. The predicted molar refractivity (Wildman–Crippen MR) is 87.1 cm³/mol. The number of hydrogen-bond donors (Lipinski definition) is 3. The number of aromatic nitrogens is 2. The third-order valence-electron chi connectivity index (χ3n) is 3.36. The number of fused-ring (bicyclic) bond motifs is 1. The van der Waals surface area contributed by atoms with Crippen molar-refractivity contribution in [2.24, 2.45) is 0 Å². The van der Waals surface area contributed by atoms with E-state index >= 15 is 0 Å². The lowest BCUT2D eigenvalue weighted by Crippen LogP contribution is -2.42. The third kappa shape index (κ3) is 3.01. The molecular weight excluding hydrogens is 356 g/mol. The van der Waals surface area contributed by atoms with Crippen LogP contribution in [0.25, 0.3) is 10.9 Å². The number of aryl methyl sites for hydroxylation is 2. The lowest BCUT2D eigenvalue weighted by Gasteiger charge is -2.06. The summed E-state index contributed by atoms with van der Waals surface area (Å²) in [5.41, 5.74) is 3.25. The summed E-state index contributed by atoms with van der Waals surface area (Å²) in [6.07, 6.45) is 0. The van der Waals surface area contributed by atoms with Gasteiger partial charge in [-0.25, -0.2) is 8.42 Å². The summed E-state index contributed by atoms with van der Waals surface area (Å²) in [6.45, 7) is 2.96. The molecule has 0 spiro atoms. The van der Waals surface area contributed by atoms with E-state index in [0.717, 1.165) is 5.39 Å². The van der Waals surface area contributed by atoms with E-state index in [1.807, 2.05) is 4.83 Å². The molecule has 0 saturated carbocycles. The average Bonchev–Trinajstić information content (AvgIpc) is 3.08. The molecule has 0 fully saturated rings. The van der Waals surface area contributed by atoms with Crippen LogP contribution in [0.2, 0.25) is 5.02 Å². The minimum absolute atomic E-state index is 0.105. The van der Waals surface area contributed by atoms with Crippen LogP contribution >= 0.6 is 11.6 Å². The quantitative estimate of drug-likeness (QED) is 0.609. The van der Waals surface area contributed by atoms with Gasteiger partial charge in [0.15, 0.2) is 5.76 Å². The first kappa shape index (κ1) is 16.5. The SMILES string of the molecule is Cc1noc(C)c1S(=O)(=O)NNC(=O)c1cc2cc(Cl)ccc2[nH]1. The number of halogens is 1. The lowest BCUT2D eigenvalue weighted by molar-refractivity contribution is 0.0941. The zero-order valence-electron chi connectivity index (χ0n) is 12.7. The van der Waals surface area contributed by atoms with Crippen LogP contribution in [0.15, 0.2) is 33.7 Å². The van der Waals surface area contributed by atoms with Crippen molar-refractivity contribution in [2.75, 3.05) is 0 Å². The molecule has 0 aliphatic rings. The predicted octanol–water partition coefficient (Wildman–Crippen LogP) is 2.05. The molecule has 126 valence electrons. The normalized spacial score (nSPS) is 11.8. The second-order valence-electron chi connectivity index (χ2n) is 5.13. The lowest BCUT2D eigenvalue weighted by atomic mass is 10.2. The van der Waals surface area contributed by atoms with E-state index in [2.05, 4.69) is 15.6 Å². The molecule has 2 aromatic heterocycles. The van der Waals surface area contributed by atoms with Gasteiger partial charge in [0.05, 0.1) is 0 Å². The van der Waals surface area contributed by atoms with Gasteiger partial charge in [0, 0.05) is 15.9 Å². The zero-order valence-corrected chi connectivity index (χ0v) is 14.2. The Morgan fingerprint density at radius 1 is 1.29 bits per heavy atom. The second kappa shape index (κ2) is 5.93. The molecule has 0 aliphatic carbocycles. The molecule has 2 heterocycles. The molecule has 8 nitrogen and oxygen atoms in total. The maximum Gasteiger partial charge on any atom is 0.282 e. The number of rotatable bonds is 4. The molecule has 3 N–H and O–H groups in total. The number of nitrogens with zero attached hydrogens (tertiary/aromatic N) is 1. The topological polar surface area (TPSA) is 117 Å². The van der Waals surface area contributed by atoms with Crippen molar-refractivity contribution >= 4 is 38.4 Å². The summed E-state index contributed by atoms with van der Waals surface area (Å²) < 4.78 is 29.3. The standard InChI is InChI=1S/C14H13ClN4O4S/c1-7-13(8(2)23-18-7)24(21,22)19-17-14(20)12-6-9-5-10(15)3-4-11(9)16-12/h3-6,16,19H,1-2H3,(H,17,20). The van der Waals surface area contributed by atoms with Gasteiger partial charge in [-0.15, -0.1) is 4.83 Å². The fourth-order valence-corrected chi connectivity index (χ4v) is 3.67. The van der Waals surface area contributed by atoms with E-state index in [9.17, 15) is 13.2 Å². The molecule has 0 bridgehead atoms. The maximum atomic E-state index is 12.2. The summed E-state index contributed by atoms with van der Waals surface area (Å²) in [5.74, 6) is -0.507. The first-order chi connectivity index (χ1) is 11.3. The summed E-state index contributed by atoms with van der Waals surface area (Å²) in [6, 6.07) is 6.67. The van der Waals surface area contributed by atoms with Crippen molar-refractivity contribution in [3.8, 4) is 0 Å². The van der Waals surface area contributed by atoms with Crippen LogP contribution in [0.1, 0.15) is 21.9 Å². The van der Waals surface area contributed by atoms with Gasteiger partial charge in [-0.3, -0.25) is 10.2 Å². The van der Waals surface area contributed by atoms with Gasteiger partial charge in [-0.1, -0.05) is 16.8 Å². The minimum Gasteiger partial charge on any atom is -0.360 e. The first-order valence-electron chi connectivity index (χ1n) is 6.81. The van der Waals surface area contributed by atoms with Crippen LogP contribution in [0, 0.1) is 13.8 Å². The molecule has 0 unspecified atom stereocenters. The van der Waals surface area contributed by atoms with Crippen molar-refractivity contribution in [3.63, 3.8) is 0 Å². The summed E-state index contributed by atoms with van der Waals surface area (Å²) in [5, 5.41) is 4.85. The van der Waals surface area contributed by atoms with Gasteiger partial charge in [0.1, 0.15) is 16.3 Å². The Balaban J connectivity index is 1.79. The van der Waals surface area contributed by atoms with E-state index in [1.165, 1.54) is 13.8 Å². The van der Waals surface area contributed by atoms with Gasteiger partial charge in [-0.2, -0.15) is 0 Å². The van der Waals surface area contributed by atoms with Crippen molar-refractivity contribution in [2.45, 2.75) is 18.7 Å². The Labute approximate surface area is 142 Å². The van der Waals surface area contributed by atoms with E-state index < -0.39 is 15.9 Å². The highest BCUT2D eigenvalue weighted by molar-refractivity contribution is 7.89. The highest BCUT2D eigenvalue weighted by atomic mass is 35.5. The Morgan fingerprint density at radius 2 is 2.04 bits per heavy atom. The van der Waals surface area contributed by atoms with E-state index in [4.69, 9.17) is 16.1 Å². The van der Waals surface area contributed by atoms with Crippen LogP contribution in [-0.2, 0) is 10.0 Å². The Bertz CT molecular complexity index is 1020. The van der Waals surface area contributed by atoms with Gasteiger partial charge in [-0.05, 0) is 38.1 Å². The molecule has 3 rings (SSSR count). The van der Waals surface area contributed by atoms with E-state index in [0.29, 0.717) is 10.5 Å². The van der Waals surface area contributed by atoms with Gasteiger partial charge in [0.2, 0.25) is 0 Å². The van der Waals surface area contributed by atoms with E-state index in [1.54, 1.807) is 24.3 Å². The number of carbonyl (C=O) groups is 1. The third-order valence-corrected chi connectivity index (χ3v) is 5.09. The number of hydrogen-bond acceptors (Lipinski definition) is 5. The molecule has 0 atom stereocenters. The molecule has 3 aromatic rings. The number of nitrogens with one attached hydrogen (secondary N) is 3. The molecule has 24 heavy (non-hydrogen) atoms. The average molecular weight is 369 g/mol. The number of H-pyrrole nitrogens is 1. The molecule has 10 heteroatoms. The number of sulfonamides is 1. The van der Waals surface area contributed by atoms with Gasteiger partial charge in [0.25, 0.3) is 15.9 Å². The molecule has 1 amide bonds.